The monoisotopic (exact) mass is 412 g/mol. The molecule has 0 spiro atoms. The zero-order chi connectivity index (χ0) is 19.5. The van der Waals surface area contributed by atoms with Crippen molar-refractivity contribution in [2.45, 2.75) is 11.8 Å². The summed E-state index contributed by atoms with van der Waals surface area (Å²) in [6, 6.07) is 14.4. The second-order valence-corrected chi connectivity index (χ2v) is 7.66. The highest BCUT2D eigenvalue weighted by molar-refractivity contribution is 8.00. The van der Waals surface area contributed by atoms with Gasteiger partial charge in [-0.25, -0.2) is 4.98 Å². The second-order valence-electron chi connectivity index (χ2n) is 5.92. The van der Waals surface area contributed by atoms with Gasteiger partial charge < -0.3 is 24.8 Å². The number of aromatic hydroxyl groups is 2. The quantitative estimate of drug-likeness (QED) is 0.247. The number of phenols is 2. The van der Waals surface area contributed by atoms with E-state index in [1.54, 1.807) is 6.07 Å². The average molecular weight is 412 g/mol. The summed E-state index contributed by atoms with van der Waals surface area (Å²) >= 11 is 2.91. The Kier molecular flexibility index (Phi) is 5.09. The number of thiazole rings is 1. The molecule has 0 amide bonds. The maximum atomic E-state index is 9.64. The third-order valence-corrected chi connectivity index (χ3v) is 5.36. The molecule has 0 saturated heterocycles. The summed E-state index contributed by atoms with van der Waals surface area (Å²) in [5.74, 6) is 1.12. The van der Waals surface area contributed by atoms with Crippen LogP contribution in [0, 0.1) is 6.92 Å². The van der Waals surface area contributed by atoms with Crippen LogP contribution < -0.4 is 10.0 Å². The molecule has 0 unspecified atom stereocenters. The zero-order valence-electron chi connectivity index (χ0n) is 14.7. The fourth-order valence-corrected chi connectivity index (χ4v) is 3.73. The lowest BCUT2D eigenvalue weighted by molar-refractivity contribution is 0.400. The van der Waals surface area contributed by atoms with Crippen molar-refractivity contribution in [3.05, 3.63) is 59.7 Å². The Morgan fingerprint density at radius 1 is 1.04 bits per heavy atom. The van der Waals surface area contributed by atoms with E-state index in [2.05, 4.69) is 20.2 Å². The summed E-state index contributed by atoms with van der Waals surface area (Å²) in [7, 11) is 0. The molecule has 2 aromatic heterocycles. The number of rotatable bonds is 6. The molecular weight excluding hydrogens is 396 g/mol. The normalized spacial score (nSPS) is 10.8. The Balaban J connectivity index is 1.39. The van der Waals surface area contributed by atoms with Crippen molar-refractivity contribution in [3.63, 3.8) is 0 Å². The van der Waals surface area contributed by atoms with Crippen LogP contribution in [0.1, 0.15) is 5.76 Å². The highest BCUT2D eigenvalue weighted by Crippen LogP contribution is 2.33. The molecule has 0 fully saturated rings. The molecule has 0 atom stereocenters. The van der Waals surface area contributed by atoms with Gasteiger partial charge in [0.1, 0.15) is 5.76 Å². The molecule has 28 heavy (non-hydrogen) atoms. The van der Waals surface area contributed by atoms with Gasteiger partial charge in [0.25, 0.3) is 0 Å². The third kappa shape index (κ3) is 4.21. The van der Waals surface area contributed by atoms with Gasteiger partial charge in [-0.05, 0) is 61.3 Å². The van der Waals surface area contributed by atoms with Crippen molar-refractivity contribution in [1.82, 2.24) is 10.1 Å². The molecule has 2 heterocycles. The SMILES string of the molecule is Cc1cc(NSc2ccc(Nc3nc(-c4ccc(O)c(O)c4)cs3)cc2)no1. The van der Waals surface area contributed by atoms with E-state index in [1.165, 1.54) is 35.4 Å². The smallest absolute Gasteiger partial charge is 0.187 e. The van der Waals surface area contributed by atoms with Crippen molar-refractivity contribution in [2.75, 3.05) is 10.0 Å². The number of nitrogens with zero attached hydrogens (tertiary/aromatic N) is 2. The van der Waals surface area contributed by atoms with Gasteiger partial charge in [0.15, 0.2) is 22.4 Å². The van der Waals surface area contributed by atoms with E-state index in [4.69, 9.17) is 4.52 Å². The summed E-state index contributed by atoms with van der Waals surface area (Å²) in [4.78, 5) is 5.56. The largest absolute Gasteiger partial charge is 0.504 e. The second kappa shape index (κ2) is 7.83. The van der Waals surface area contributed by atoms with Crippen LogP contribution in [0.3, 0.4) is 0 Å². The first-order chi connectivity index (χ1) is 13.6. The van der Waals surface area contributed by atoms with Gasteiger partial charge in [-0.2, -0.15) is 0 Å². The lowest BCUT2D eigenvalue weighted by Crippen LogP contribution is -1.90. The Hall–Kier alpha value is -3.17. The first-order valence-electron chi connectivity index (χ1n) is 8.28. The molecule has 2 aromatic carbocycles. The summed E-state index contributed by atoms with van der Waals surface area (Å²) in [6.07, 6.45) is 0. The number of hydrogen-bond donors (Lipinski definition) is 4. The Labute approximate surface area is 169 Å². The minimum Gasteiger partial charge on any atom is -0.504 e. The molecule has 4 rings (SSSR count). The number of nitrogens with one attached hydrogen (secondary N) is 2. The van der Waals surface area contributed by atoms with Crippen LogP contribution in [-0.4, -0.2) is 20.4 Å². The maximum absolute atomic E-state index is 9.64. The Bertz CT molecular complexity index is 1090. The topological polar surface area (TPSA) is 103 Å². The minimum absolute atomic E-state index is 0.150. The van der Waals surface area contributed by atoms with Gasteiger partial charge in [-0.15, -0.1) is 11.3 Å². The van der Waals surface area contributed by atoms with E-state index in [-0.39, 0.29) is 11.5 Å². The van der Waals surface area contributed by atoms with Gasteiger partial charge in [0.2, 0.25) is 0 Å². The van der Waals surface area contributed by atoms with Crippen LogP contribution in [0.15, 0.2) is 63.3 Å². The van der Waals surface area contributed by atoms with Crippen LogP contribution in [-0.2, 0) is 0 Å². The number of anilines is 3. The fourth-order valence-electron chi connectivity index (χ4n) is 2.40. The standard InChI is InChI=1S/C19H16N4O3S2/c1-11-8-18(22-26-11)23-28-14-5-3-13(4-6-14)20-19-21-15(10-27-19)12-2-7-16(24)17(25)9-12/h2-10,24-25H,1H3,(H,20,21)(H,22,23). The minimum atomic E-state index is -0.164. The Morgan fingerprint density at radius 3 is 2.57 bits per heavy atom. The molecule has 7 nitrogen and oxygen atoms in total. The van der Waals surface area contributed by atoms with E-state index in [9.17, 15) is 10.2 Å². The van der Waals surface area contributed by atoms with Crippen LogP contribution >= 0.6 is 23.3 Å². The van der Waals surface area contributed by atoms with E-state index in [0.717, 1.165) is 32.7 Å². The van der Waals surface area contributed by atoms with E-state index < -0.39 is 0 Å². The van der Waals surface area contributed by atoms with Gasteiger partial charge in [0.05, 0.1) is 5.69 Å². The third-order valence-electron chi connectivity index (χ3n) is 3.78. The number of aryl methyl sites for hydroxylation is 1. The molecule has 0 saturated carbocycles. The van der Waals surface area contributed by atoms with Crippen molar-refractivity contribution in [3.8, 4) is 22.8 Å². The molecular formula is C19H16N4O3S2. The van der Waals surface area contributed by atoms with Crippen LogP contribution in [0.5, 0.6) is 11.5 Å². The Morgan fingerprint density at radius 2 is 1.86 bits per heavy atom. The molecule has 0 bridgehead atoms. The van der Waals surface area contributed by atoms with Crippen molar-refractivity contribution in [1.29, 1.82) is 0 Å². The molecule has 0 aliphatic rings. The van der Waals surface area contributed by atoms with Crippen LogP contribution in [0.25, 0.3) is 11.3 Å². The number of benzene rings is 2. The van der Waals surface area contributed by atoms with Gasteiger partial charge in [0, 0.05) is 27.6 Å². The molecule has 9 heteroatoms. The molecule has 4 aromatic rings. The highest BCUT2D eigenvalue weighted by Gasteiger charge is 2.08. The van der Waals surface area contributed by atoms with E-state index in [0.29, 0.717) is 5.82 Å². The molecule has 142 valence electrons. The molecule has 0 aliphatic heterocycles. The zero-order valence-corrected chi connectivity index (χ0v) is 16.3. The highest BCUT2D eigenvalue weighted by atomic mass is 32.2. The summed E-state index contributed by atoms with van der Waals surface area (Å²) in [5, 5.41) is 28.8. The number of aromatic nitrogens is 2. The molecule has 0 aliphatic carbocycles. The van der Waals surface area contributed by atoms with E-state index >= 15 is 0 Å². The lowest BCUT2D eigenvalue weighted by atomic mass is 10.1. The first kappa shape index (κ1) is 18.2. The first-order valence-corrected chi connectivity index (χ1v) is 9.97. The van der Waals surface area contributed by atoms with Crippen molar-refractivity contribution in [2.24, 2.45) is 0 Å². The lowest BCUT2D eigenvalue weighted by Gasteiger charge is -2.05. The van der Waals surface area contributed by atoms with E-state index in [1.807, 2.05) is 42.6 Å². The molecule has 0 radical (unpaired) electrons. The van der Waals surface area contributed by atoms with Crippen LogP contribution in [0.4, 0.5) is 16.6 Å². The number of phenolic OH excluding ortho intramolecular Hbond substituents is 2. The average Bonchev–Trinajstić information content (AvgIpc) is 3.32. The van der Waals surface area contributed by atoms with Crippen molar-refractivity contribution >= 4 is 39.9 Å². The van der Waals surface area contributed by atoms with Crippen molar-refractivity contribution < 1.29 is 14.7 Å². The summed E-state index contributed by atoms with van der Waals surface area (Å²) < 4.78 is 8.14. The molecule has 4 N–H and O–H groups in total. The van der Waals surface area contributed by atoms with Gasteiger partial charge in [-0.1, -0.05) is 5.16 Å². The maximum Gasteiger partial charge on any atom is 0.187 e. The van der Waals surface area contributed by atoms with Gasteiger partial charge in [-0.3, -0.25) is 0 Å². The van der Waals surface area contributed by atoms with Crippen LogP contribution in [0.2, 0.25) is 0 Å². The predicted molar refractivity (Wildman–Crippen MR) is 111 cm³/mol. The summed E-state index contributed by atoms with van der Waals surface area (Å²) in [5.41, 5.74) is 2.37. The predicted octanol–water partition coefficient (Wildman–Crippen LogP) is 5.38. The number of hydrogen-bond acceptors (Lipinski definition) is 9. The van der Waals surface area contributed by atoms with Gasteiger partial charge >= 0.3 is 0 Å². The summed E-state index contributed by atoms with van der Waals surface area (Å²) in [6.45, 7) is 1.84. The fraction of sp³-hybridized carbons (Fsp3) is 0.0526.